The number of aliphatic hydroxyl groups is 5. The Kier molecular flexibility index (Phi) is 16.9. The van der Waals surface area contributed by atoms with Crippen LogP contribution in [0, 0.1) is 23.7 Å². The second-order valence-electron chi connectivity index (χ2n) is 22.1. The summed E-state index contributed by atoms with van der Waals surface area (Å²) in [4.78, 5) is 77.5. The Morgan fingerprint density at radius 2 is 0.988 bits per heavy atom. The van der Waals surface area contributed by atoms with E-state index in [1.807, 2.05) is 4.98 Å². The second kappa shape index (κ2) is 23.5. The molecule has 0 bridgehead atoms. The lowest BCUT2D eigenvalue weighted by Gasteiger charge is -2.29. The number of hydrogen-bond donors (Lipinski definition) is 10. The van der Waals surface area contributed by atoms with Gasteiger partial charge in [-0.05, 0) is 25.3 Å². The molecule has 0 aliphatic carbocycles. The number of nitrogens with two attached hydrogens (primary N) is 3. The van der Waals surface area contributed by atoms with Crippen molar-refractivity contribution in [3.05, 3.63) is 85.2 Å². The molecular weight excluding hydrogens is 1180 g/mol. The Labute approximate surface area is 475 Å². The number of fused-ring (bicyclic) bond motifs is 2. The van der Waals surface area contributed by atoms with Gasteiger partial charge in [0.1, 0.15) is 42.1 Å². The zero-order chi connectivity index (χ0) is 62.1. The van der Waals surface area contributed by atoms with Crippen LogP contribution in [-0.2, 0) is 18.9 Å². The van der Waals surface area contributed by atoms with E-state index in [2.05, 4.69) is 34.9 Å². The summed E-state index contributed by atoms with van der Waals surface area (Å²) in [5, 5.41) is 56.1. The van der Waals surface area contributed by atoms with Crippen molar-refractivity contribution in [3.8, 4) is 0 Å². The first-order chi connectivity index (χ1) is 40.4. The molecular formula is C49H58F9N15O13. The van der Waals surface area contributed by atoms with Crippen LogP contribution in [-0.4, -0.2) is 163 Å². The number of alkyl halides is 9. The molecule has 28 nitrogen and oxygen atoms in total. The van der Waals surface area contributed by atoms with Gasteiger partial charge in [0.2, 0.25) is 23.7 Å². The van der Waals surface area contributed by atoms with Crippen molar-refractivity contribution in [3.63, 3.8) is 0 Å². The number of nitrogens with zero attached hydrogens (tertiary/aromatic N) is 10. The van der Waals surface area contributed by atoms with Crippen molar-refractivity contribution in [2.45, 2.75) is 162 Å². The molecule has 13 N–H and O–H groups in total. The Morgan fingerprint density at radius 1 is 0.535 bits per heavy atom. The molecule has 86 heavy (non-hydrogen) atoms. The van der Waals surface area contributed by atoms with Gasteiger partial charge >= 0.3 is 17.6 Å². The largest absolute Gasteiger partial charge is 0.394 e. The van der Waals surface area contributed by atoms with Crippen molar-refractivity contribution in [2.24, 2.45) is 23.7 Å². The first kappa shape index (κ1) is 61.9. The topological polar surface area (TPSA) is 413 Å². The lowest BCUT2D eigenvalue weighted by Crippen LogP contribution is -2.37. The maximum atomic E-state index is 16.8. The summed E-state index contributed by atoms with van der Waals surface area (Å²) in [5.41, 5.74) is 12.7. The van der Waals surface area contributed by atoms with E-state index in [9.17, 15) is 57.9 Å². The zero-order valence-electron chi connectivity index (χ0n) is 44.7. The number of imidazole rings is 2. The van der Waals surface area contributed by atoms with E-state index < -0.39 is 221 Å². The molecule has 0 unspecified atom stereocenters. The summed E-state index contributed by atoms with van der Waals surface area (Å²) in [6.07, 6.45) is -33.3. The monoisotopic (exact) mass is 1240 g/mol. The first-order valence-electron chi connectivity index (χ1n) is 26.9. The Hall–Kier alpha value is -7.13. The fraction of sp³-hybridized carbons (Fsp3) is 0.633. The fourth-order valence-electron chi connectivity index (χ4n) is 12.2. The van der Waals surface area contributed by atoms with Crippen molar-refractivity contribution < 1.29 is 84.0 Å². The molecule has 37 heteroatoms. The van der Waals surface area contributed by atoms with Crippen LogP contribution in [0.3, 0.4) is 0 Å². The predicted octanol–water partition coefficient (Wildman–Crippen LogP) is 1.37. The molecule has 0 aromatic carbocycles. The Bertz CT molecular complexity index is 3660. The van der Waals surface area contributed by atoms with Gasteiger partial charge < -0.3 is 61.7 Å². The highest BCUT2D eigenvalue weighted by molar-refractivity contribution is 5.81. The van der Waals surface area contributed by atoms with Gasteiger partial charge in [-0.2, -0.15) is 23.1 Å². The molecule has 470 valence electrons. The van der Waals surface area contributed by atoms with E-state index in [0.717, 1.165) is 41.7 Å². The lowest BCUT2D eigenvalue weighted by molar-refractivity contribution is -0.154. The maximum absolute atomic E-state index is 16.8. The van der Waals surface area contributed by atoms with Crippen LogP contribution in [0.5, 0.6) is 0 Å². The number of aliphatic hydroxyl groups excluding tert-OH is 5. The predicted molar refractivity (Wildman–Crippen MR) is 274 cm³/mol. The summed E-state index contributed by atoms with van der Waals surface area (Å²) in [6.45, 7) is -0.828. The third-order valence-electron chi connectivity index (χ3n) is 16.4. The molecule has 4 aliphatic heterocycles. The summed E-state index contributed by atoms with van der Waals surface area (Å²) in [5.74, 6) is -19.5. The van der Waals surface area contributed by atoms with E-state index in [1.165, 1.54) is 10.9 Å². The van der Waals surface area contributed by atoms with Gasteiger partial charge in [0, 0.05) is 80.7 Å². The van der Waals surface area contributed by atoms with Gasteiger partial charge in [0.25, 0.3) is 11.1 Å². The molecule has 0 saturated carbocycles. The summed E-state index contributed by atoms with van der Waals surface area (Å²) in [7, 11) is 0. The van der Waals surface area contributed by atoms with Crippen molar-refractivity contribution >= 4 is 39.9 Å². The van der Waals surface area contributed by atoms with Gasteiger partial charge in [-0.25, -0.2) is 55.9 Å². The van der Waals surface area contributed by atoms with Gasteiger partial charge in [0.15, 0.2) is 47.5 Å². The number of aromatic amines is 2. The third-order valence-corrected chi connectivity index (χ3v) is 16.4. The lowest BCUT2D eigenvalue weighted by atomic mass is 9.83. The number of nitrogen functional groups attached to an aromatic ring is 3. The van der Waals surface area contributed by atoms with Crippen LogP contribution in [0.4, 0.5) is 57.1 Å². The van der Waals surface area contributed by atoms with Crippen LogP contribution in [0.1, 0.15) is 89.1 Å². The van der Waals surface area contributed by atoms with E-state index in [-0.39, 0.29) is 34.0 Å². The molecule has 6 aromatic rings. The molecule has 0 radical (unpaired) electrons. The second-order valence-corrected chi connectivity index (χ2v) is 22.1. The highest BCUT2D eigenvalue weighted by Crippen LogP contribution is 2.50. The SMILES string of the molecule is Nc1ccn([C@@H]2O[C@H](CCC(F)(F)C[C@H]3[C@@H](O)[C@H](n4cnc5c(N)ncnc54)O[C@@H]3CO)[C@@H](CC(F)(F)CC[C@H]3O[C@@H](n4cnc5c(=O)[nH]c(N)nc54)[C@H](O)[C@@H]3CC(F)(F)CC[C@H]3O[C@@H](n4ccc(=O)[nH]c4=O)[C@H](O)[C@@H]3CC(F)(F)F)[C@H]2O)c(=O)n1. The summed E-state index contributed by atoms with van der Waals surface area (Å²) >= 11 is 0. The van der Waals surface area contributed by atoms with Crippen LogP contribution >= 0.6 is 0 Å². The number of aromatic nitrogens is 12. The number of halogens is 9. The quantitative estimate of drug-likeness (QED) is 0.0455. The average molecular weight is 1240 g/mol. The highest BCUT2D eigenvalue weighted by atomic mass is 19.4. The Morgan fingerprint density at radius 3 is 1.49 bits per heavy atom. The molecule has 6 aromatic heterocycles. The number of anilines is 3. The molecule has 10 rings (SSSR count). The molecule has 0 spiro atoms. The number of ether oxygens (including phenoxy) is 4. The van der Waals surface area contributed by atoms with Crippen molar-refractivity contribution in [1.82, 2.24) is 58.1 Å². The number of rotatable bonds is 21. The van der Waals surface area contributed by atoms with E-state index >= 15 is 26.3 Å². The summed E-state index contributed by atoms with van der Waals surface area (Å²) < 4.78 is 168. The van der Waals surface area contributed by atoms with Crippen LogP contribution < -0.4 is 39.7 Å². The smallest absolute Gasteiger partial charge is 0.389 e. The van der Waals surface area contributed by atoms with E-state index in [0.29, 0.717) is 9.13 Å². The number of hydrogen-bond acceptors (Lipinski definition) is 22. The van der Waals surface area contributed by atoms with Gasteiger partial charge in [-0.15, -0.1) is 0 Å². The molecule has 10 heterocycles. The minimum Gasteiger partial charge on any atom is -0.394 e. The van der Waals surface area contributed by atoms with Gasteiger partial charge in [-0.3, -0.25) is 37.8 Å². The van der Waals surface area contributed by atoms with Crippen LogP contribution in [0.25, 0.3) is 22.3 Å². The van der Waals surface area contributed by atoms with Gasteiger partial charge in [-0.1, -0.05) is 0 Å². The third kappa shape index (κ3) is 12.7. The molecule has 4 aliphatic rings. The Balaban J connectivity index is 0.871. The van der Waals surface area contributed by atoms with Crippen molar-refractivity contribution in [1.29, 1.82) is 0 Å². The zero-order valence-corrected chi connectivity index (χ0v) is 44.7. The minimum absolute atomic E-state index is 0.0314. The standard InChI is InChI=1S/C49H58F9N15O13/c50-46(51,11-19-23(83-39(31(19)76)70-9-4-27(59)66-44(70)81)1-7-48(54,55)13-21-26(15-74)86-41(33(21)78)72-17-64-29-35(60)62-16-63-36(29)72)6-2-24-20(32(77)42(85-24)73-18-65-30-37(73)68-43(61)69-38(30)80)12-47(52,53)8-3-25-22(14-49(56,57)58)34(79)40(84-25)71-10-5-28(75)67-45(71)82/h4-5,9-10,16-26,31-34,39-42,74,76-79H,1-3,6-8,11-15H2,(H2,59,66,81)(H2,60,62,63)(H,67,75,82)(H3,61,68,69,80)/t19-,20-,21-,22-,23-,24-,25-,26-,31-,32-,33-,34-,39-,40-,41-,42-/m1/s1. The molecule has 16 atom stereocenters. The number of nitrogens with one attached hydrogen (secondary N) is 2. The molecule has 4 fully saturated rings. The average Bonchev–Trinajstić information content (AvgIpc) is 1.87. The van der Waals surface area contributed by atoms with Gasteiger partial charge in [0.05, 0.1) is 50.1 Å². The van der Waals surface area contributed by atoms with E-state index in [1.54, 1.807) is 0 Å². The summed E-state index contributed by atoms with van der Waals surface area (Å²) in [6, 6.07) is 1.92. The number of H-pyrrole nitrogens is 2. The molecule has 4 saturated heterocycles. The minimum atomic E-state index is -4.98. The normalized spacial score (nSPS) is 30.2. The van der Waals surface area contributed by atoms with Crippen LogP contribution in [0.15, 0.2) is 62.7 Å². The highest BCUT2D eigenvalue weighted by Gasteiger charge is 2.56. The van der Waals surface area contributed by atoms with Crippen LogP contribution in [0.2, 0.25) is 0 Å². The first-order valence-corrected chi connectivity index (χ1v) is 26.9. The molecule has 0 amide bonds. The maximum Gasteiger partial charge on any atom is 0.389 e. The fourth-order valence-corrected chi connectivity index (χ4v) is 12.2. The van der Waals surface area contributed by atoms with E-state index in [4.69, 9.17) is 36.1 Å². The van der Waals surface area contributed by atoms with Crippen molar-refractivity contribution in [2.75, 3.05) is 23.8 Å².